The second kappa shape index (κ2) is 9.39. The van der Waals surface area contributed by atoms with Crippen LogP contribution in [0.2, 0.25) is 5.02 Å². The lowest BCUT2D eigenvalue weighted by Crippen LogP contribution is -2.31. The van der Waals surface area contributed by atoms with Gasteiger partial charge in [0.2, 0.25) is 5.91 Å². The molecule has 2 N–H and O–H groups in total. The maximum atomic E-state index is 12.8. The second-order valence-corrected chi connectivity index (χ2v) is 7.32. The Balaban J connectivity index is 1.79. The fourth-order valence-corrected chi connectivity index (χ4v) is 3.31. The number of rotatable bonds is 6. The highest BCUT2D eigenvalue weighted by atomic mass is 35.5. The predicted molar refractivity (Wildman–Crippen MR) is 117 cm³/mol. The van der Waals surface area contributed by atoms with Gasteiger partial charge in [-0.15, -0.1) is 0 Å². The molecule has 29 heavy (non-hydrogen) atoms. The lowest BCUT2D eigenvalue weighted by atomic mass is 10.0. The maximum Gasteiger partial charge on any atom is 0.253 e. The molecule has 2 amide bonds. The summed E-state index contributed by atoms with van der Waals surface area (Å²) in [5.74, 6) is -0.490. The normalized spacial score (nSPS) is 11.6. The third-order valence-corrected chi connectivity index (χ3v) is 5.22. The zero-order valence-electron chi connectivity index (χ0n) is 16.4. The maximum absolute atomic E-state index is 12.8. The molecule has 1 atom stereocenters. The minimum Gasteiger partial charge on any atom is -0.345 e. The molecule has 5 heteroatoms. The van der Waals surface area contributed by atoms with Gasteiger partial charge in [0, 0.05) is 5.69 Å². The number of nitrogens with one attached hydrogen (secondary N) is 2. The summed E-state index contributed by atoms with van der Waals surface area (Å²) in [5.41, 5.74) is 4.14. The van der Waals surface area contributed by atoms with E-state index in [1.807, 2.05) is 62.4 Å². The fourth-order valence-electron chi connectivity index (χ4n) is 3.09. The van der Waals surface area contributed by atoms with Gasteiger partial charge in [0.25, 0.3) is 5.91 Å². The minimum atomic E-state index is -0.481. The van der Waals surface area contributed by atoms with Crippen LogP contribution in [0, 0.1) is 13.8 Å². The Morgan fingerprint density at radius 1 is 0.897 bits per heavy atom. The van der Waals surface area contributed by atoms with Crippen molar-refractivity contribution in [3.8, 4) is 0 Å². The van der Waals surface area contributed by atoms with E-state index in [0.717, 1.165) is 22.4 Å². The van der Waals surface area contributed by atoms with Crippen LogP contribution in [0.5, 0.6) is 0 Å². The summed E-state index contributed by atoms with van der Waals surface area (Å²) in [6.07, 6.45) is 0.105. The molecule has 0 saturated heterocycles. The highest BCUT2D eigenvalue weighted by Gasteiger charge is 2.20. The molecule has 0 saturated carbocycles. The van der Waals surface area contributed by atoms with Crippen LogP contribution < -0.4 is 10.6 Å². The van der Waals surface area contributed by atoms with Crippen molar-refractivity contribution in [1.82, 2.24) is 5.32 Å². The first-order valence-corrected chi connectivity index (χ1v) is 9.80. The molecular weight excluding hydrogens is 384 g/mol. The molecule has 0 heterocycles. The van der Waals surface area contributed by atoms with E-state index in [1.165, 1.54) is 0 Å². The fraction of sp³-hybridized carbons (Fsp3) is 0.167. The van der Waals surface area contributed by atoms with Crippen molar-refractivity contribution in [3.63, 3.8) is 0 Å². The van der Waals surface area contributed by atoms with Gasteiger partial charge in [0.1, 0.15) is 0 Å². The van der Waals surface area contributed by atoms with Gasteiger partial charge in [0.05, 0.1) is 23.0 Å². The molecule has 0 fully saturated rings. The highest BCUT2D eigenvalue weighted by molar-refractivity contribution is 6.33. The number of hydrogen-bond acceptors (Lipinski definition) is 2. The number of anilines is 1. The lowest BCUT2D eigenvalue weighted by molar-refractivity contribution is -0.116. The molecule has 0 aliphatic heterocycles. The summed E-state index contributed by atoms with van der Waals surface area (Å²) in [7, 11) is 0. The van der Waals surface area contributed by atoms with E-state index in [0.29, 0.717) is 10.6 Å². The summed E-state index contributed by atoms with van der Waals surface area (Å²) in [5, 5.41) is 6.28. The first-order valence-electron chi connectivity index (χ1n) is 9.42. The van der Waals surface area contributed by atoms with Crippen LogP contribution in [-0.4, -0.2) is 11.8 Å². The highest BCUT2D eigenvalue weighted by Crippen LogP contribution is 2.22. The van der Waals surface area contributed by atoms with Crippen LogP contribution >= 0.6 is 11.6 Å². The van der Waals surface area contributed by atoms with Crippen LogP contribution in [0.3, 0.4) is 0 Å². The lowest BCUT2D eigenvalue weighted by Gasteiger charge is -2.20. The third kappa shape index (κ3) is 5.24. The van der Waals surface area contributed by atoms with Crippen LogP contribution in [0.25, 0.3) is 0 Å². The van der Waals surface area contributed by atoms with Crippen molar-refractivity contribution in [3.05, 3.63) is 100 Å². The standard InChI is InChI=1S/C24H23ClN2O2/c1-16-9-8-14-21(17(16)2)26-23(28)15-22(18-10-4-3-5-11-18)27-24(29)19-12-6-7-13-20(19)25/h3-14,22H,15H2,1-2H3,(H,26,28)(H,27,29). The Morgan fingerprint density at radius 2 is 1.59 bits per heavy atom. The van der Waals surface area contributed by atoms with E-state index in [4.69, 9.17) is 11.6 Å². The molecule has 3 aromatic rings. The largest absolute Gasteiger partial charge is 0.345 e. The molecule has 0 aliphatic rings. The molecule has 1 unspecified atom stereocenters. The molecular formula is C24H23ClN2O2. The smallest absolute Gasteiger partial charge is 0.253 e. The molecule has 3 rings (SSSR count). The van der Waals surface area contributed by atoms with Gasteiger partial charge in [-0.25, -0.2) is 0 Å². The van der Waals surface area contributed by atoms with E-state index < -0.39 is 6.04 Å². The molecule has 0 spiro atoms. The topological polar surface area (TPSA) is 58.2 Å². The Labute approximate surface area is 175 Å². The summed E-state index contributed by atoms with van der Waals surface area (Å²) in [6, 6.07) is 21.6. The van der Waals surface area contributed by atoms with Gasteiger partial charge in [0.15, 0.2) is 0 Å². The van der Waals surface area contributed by atoms with Gasteiger partial charge >= 0.3 is 0 Å². The summed E-state index contributed by atoms with van der Waals surface area (Å²) in [4.78, 5) is 25.5. The summed E-state index contributed by atoms with van der Waals surface area (Å²) in [6.45, 7) is 3.97. The van der Waals surface area contributed by atoms with Crippen molar-refractivity contribution in [2.24, 2.45) is 0 Å². The van der Waals surface area contributed by atoms with Gasteiger partial charge in [-0.3, -0.25) is 9.59 Å². The van der Waals surface area contributed by atoms with Crippen LogP contribution in [-0.2, 0) is 4.79 Å². The summed E-state index contributed by atoms with van der Waals surface area (Å²) < 4.78 is 0. The SMILES string of the molecule is Cc1cccc(NC(=O)CC(NC(=O)c2ccccc2Cl)c2ccccc2)c1C. The molecule has 0 radical (unpaired) electrons. The van der Waals surface area contributed by atoms with E-state index in [2.05, 4.69) is 10.6 Å². The average molecular weight is 407 g/mol. The number of carbonyl (C=O) groups excluding carboxylic acids is 2. The van der Waals surface area contributed by atoms with Crippen LogP contribution in [0.1, 0.15) is 39.5 Å². The average Bonchev–Trinajstić information content (AvgIpc) is 2.72. The molecule has 3 aromatic carbocycles. The Kier molecular flexibility index (Phi) is 6.68. The summed E-state index contributed by atoms with van der Waals surface area (Å²) >= 11 is 6.15. The number of halogens is 1. The quantitative estimate of drug-likeness (QED) is 0.571. The molecule has 0 aromatic heterocycles. The number of aryl methyl sites for hydroxylation is 1. The van der Waals surface area contributed by atoms with E-state index in [1.54, 1.807) is 24.3 Å². The number of benzene rings is 3. The second-order valence-electron chi connectivity index (χ2n) is 6.92. The Bertz CT molecular complexity index is 1020. The molecule has 0 bridgehead atoms. The van der Waals surface area contributed by atoms with E-state index >= 15 is 0 Å². The minimum absolute atomic E-state index is 0.105. The van der Waals surface area contributed by atoms with Crippen molar-refractivity contribution in [1.29, 1.82) is 0 Å². The first kappa shape index (κ1) is 20.6. The third-order valence-electron chi connectivity index (χ3n) is 4.89. The Hall–Kier alpha value is -3.11. The first-order chi connectivity index (χ1) is 14.0. The van der Waals surface area contributed by atoms with E-state index in [-0.39, 0.29) is 18.2 Å². The van der Waals surface area contributed by atoms with Gasteiger partial charge in [-0.1, -0.05) is 66.2 Å². The van der Waals surface area contributed by atoms with Gasteiger partial charge in [-0.2, -0.15) is 0 Å². The predicted octanol–water partition coefficient (Wildman–Crippen LogP) is 5.46. The number of hydrogen-bond donors (Lipinski definition) is 2. The number of amides is 2. The van der Waals surface area contributed by atoms with Gasteiger partial charge in [-0.05, 0) is 48.7 Å². The van der Waals surface area contributed by atoms with Crippen molar-refractivity contribution in [2.75, 3.05) is 5.32 Å². The molecule has 148 valence electrons. The monoisotopic (exact) mass is 406 g/mol. The van der Waals surface area contributed by atoms with Crippen molar-refractivity contribution in [2.45, 2.75) is 26.3 Å². The van der Waals surface area contributed by atoms with Crippen LogP contribution in [0.4, 0.5) is 5.69 Å². The molecule has 4 nitrogen and oxygen atoms in total. The van der Waals surface area contributed by atoms with Crippen LogP contribution in [0.15, 0.2) is 72.8 Å². The number of carbonyl (C=O) groups is 2. The molecule has 0 aliphatic carbocycles. The zero-order chi connectivity index (χ0) is 20.8. The van der Waals surface area contributed by atoms with Crippen molar-refractivity contribution < 1.29 is 9.59 Å². The zero-order valence-corrected chi connectivity index (χ0v) is 17.2. The van der Waals surface area contributed by atoms with Gasteiger partial charge < -0.3 is 10.6 Å². The van der Waals surface area contributed by atoms with E-state index in [9.17, 15) is 9.59 Å². The Morgan fingerprint density at radius 3 is 2.31 bits per heavy atom. The van der Waals surface area contributed by atoms with Crippen molar-refractivity contribution >= 4 is 29.1 Å².